The highest BCUT2D eigenvalue weighted by Crippen LogP contribution is 2.30. The van der Waals surface area contributed by atoms with Gasteiger partial charge in [-0.3, -0.25) is 5.43 Å². The Bertz CT molecular complexity index is 1150. The lowest BCUT2D eigenvalue weighted by Crippen LogP contribution is -2.08. The largest absolute Gasteiger partial charge is 0.423 e. The van der Waals surface area contributed by atoms with Gasteiger partial charge in [-0.2, -0.15) is 5.10 Å². The first-order valence-electron chi connectivity index (χ1n) is 9.38. The first kappa shape index (κ1) is 19.5. The number of nitrogens with one attached hydrogen (secondary N) is 1. The number of esters is 1. The second-order valence-corrected chi connectivity index (χ2v) is 7.69. The molecule has 0 fully saturated rings. The molecule has 4 aromatic rings. The van der Waals surface area contributed by atoms with Crippen LogP contribution in [0.3, 0.4) is 0 Å². The topological polar surface area (TPSA) is 63.6 Å². The van der Waals surface area contributed by atoms with Gasteiger partial charge in [-0.1, -0.05) is 48.5 Å². The summed E-state index contributed by atoms with van der Waals surface area (Å²) in [6, 6.07) is 26.1. The standard InChI is InChI=1S/C24H19N3O2S/c1-17-22(19-8-4-2-5-9-19)26-24(30-17)27-25-16-18-12-14-21(15-13-18)29-23(28)20-10-6-3-7-11-20/h2-16H,1H3,(H,26,27)/b25-16-. The number of hydrogen-bond donors (Lipinski definition) is 1. The van der Waals surface area contributed by atoms with E-state index < -0.39 is 0 Å². The molecule has 0 radical (unpaired) electrons. The number of carbonyl (C=O) groups excluding carboxylic acids is 1. The normalized spacial score (nSPS) is 10.8. The van der Waals surface area contributed by atoms with Gasteiger partial charge in [-0.25, -0.2) is 9.78 Å². The number of thiazole rings is 1. The third-order valence-electron chi connectivity index (χ3n) is 4.32. The van der Waals surface area contributed by atoms with E-state index in [1.54, 1.807) is 53.9 Å². The van der Waals surface area contributed by atoms with Gasteiger partial charge in [0.15, 0.2) is 0 Å². The smallest absolute Gasteiger partial charge is 0.343 e. The molecule has 0 amide bonds. The molecular formula is C24H19N3O2S. The first-order valence-corrected chi connectivity index (χ1v) is 10.2. The molecule has 1 aromatic heterocycles. The average Bonchev–Trinajstić information content (AvgIpc) is 3.16. The van der Waals surface area contributed by atoms with E-state index >= 15 is 0 Å². The van der Waals surface area contributed by atoms with Crippen molar-refractivity contribution in [1.29, 1.82) is 0 Å². The Balaban J connectivity index is 1.36. The fourth-order valence-electron chi connectivity index (χ4n) is 2.83. The highest BCUT2D eigenvalue weighted by Gasteiger charge is 2.09. The van der Waals surface area contributed by atoms with Gasteiger partial charge in [0.1, 0.15) is 5.75 Å². The maximum absolute atomic E-state index is 12.1. The molecular weight excluding hydrogens is 394 g/mol. The lowest BCUT2D eigenvalue weighted by atomic mass is 10.1. The number of benzene rings is 3. The highest BCUT2D eigenvalue weighted by atomic mass is 32.1. The molecule has 0 aliphatic carbocycles. The lowest BCUT2D eigenvalue weighted by molar-refractivity contribution is 0.0735. The average molecular weight is 414 g/mol. The van der Waals surface area contributed by atoms with Crippen molar-refractivity contribution in [2.24, 2.45) is 5.10 Å². The van der Waals surface area contributed by atoms with Gasteiger partial charge in [0.25, 0.3) is 0 Å². The van der Waals surface area contributed by atoms with E-state index in [2.05, 4.69) is 15.5 Å². The Kier molecular flexibility index (Phi) is 5.96. The number of rotatable bonds is 6. The van der Waals surface area contributed by atoms with Crippen LogP contribution in [0.1, 0.15) is 20.8 Å². The number of carbonyl (C=O) groups is 1. The van der Waals surface area contributed by atoms with E-state index in [9.17, 15) is 4.79 Å². The second kappa shape index (κ2) is 9.15. The van der Waals surface area contributed by atoms with Gasteiger partial charge in [-0.15, -0.1) is 11.3 Å². The summed E-state index contributed by atoms with van der Waals surface area (Å²) in [4.78, 5) is 17.8. The number of hydrazone groups is 1. The summed E-state index contributed by atoms with van der Waals surface area (Å²) >= 11 is 1.56. The third-order valence-corrected chi connectivity index (χ3v) is 5.19. The maximum Gasteiger partial charge on any atom is 0.343 e. The summed E-state index contributed by atoms with van der Waals surface area (Å²) in [5.74, 6) is 0.101. The van der Waals surface area contributed by atoms with Crippen LogP contribution in [0, 0.1) is 6.92 Å². The molecule has 5 nitrogen and oxygen atoms in total. The van der Waals surface area contributed by atoms with E-state index in [1.807, 2.05) is 55.5 Å². The van der Waals surface area contributed by atoms with Gasteiger partial charge in [0.05, 0.1) is 17.5 Å². The van der Waals surface area contributed by atoms with E-state index in [0.717, 1.165) is 26.8 Å². The molecule has 30 heavy (non-hydrogen) atoms. The number of hydrogen-bond acceptors (Lipinski definition) is 6. The molecule has 0 saturated heterocycles. The molecule has 0 saturated carbocycles. The van der Waals surface area contributed by atoms with Gasteiger partial charge >= 0.3 is 5.97 Å². The first-order chi connectivity index (χ1) is 14.7. The zero-order valence-corrected chi connectivity index (χ0v) is 17.1. The lowest BCUT2D eigenvalue weighted by Gasteiger charge is -2.04. The molecule has 0 aliphatic rings. The molecule has 6 heteroatoms. The van der Waals surface area contributed by atoms with Gasteiger partial charge in [0.2, 0.25) is 5.13 Å². The Hall–Kier alpha value is -3.77. The predicted octanol–water partition coefficient (Wildman–Crippen LogP) is 5.78. The summed E-state index contributed by atoms with van der Waals surface area (Å²) in [6.45, 7) is 2.05. The maximum atomic E-state index is 12.1. The molecule has 0 atom stereocenters. The zero-order valence-electron chi connectivity index (χ0n) is 16.3. The van der Waals surface area contributed by atoms with Crippen LogP contribution in [0.25, 0.3) is 11.3 Å². The van der Waals surface area contributed by atoms with Crippen molar-refractivity contribution in [3.8, 4) is 17.0 Å². The van der Waals surface area contributed by atoms with Crippen LogP contribution in [-0.4, -0.2) is 17.2 Å². The highest BCUT2D eigenvalue weighted by molar-refractivity contribution is 7.15. The fraction of sp³-hybridized carbons (Fsp3) is 0.0417. The quantitative estimate of drug-likeness (QED) is 0.188. The van der Waals surface area contributed by atoms with E-state index in [1.165, 1.54) is 0 Å². The second-order valence-electron chi connectivity index (χ2n) is 6.48. The molecule has 1 N–H and O–H groups in total. The molecule has 0 spiro atoms. The summed E-state index contributed by atoms with van der Waals surface area (Å²) in [6.07, 6.45) is 1.70. The fourth-order valence-corrected chi connectivity index (χ4v) is 3.62. The van der Waals surface area contributed by atoms with Crippen molar-refractivity contribution in [2.75, 3.05) is 5.43 Å². The molecule has 3 aromatic carbocycles. The zero-order chi connectivity index (χ0) is 20.8. The van der Waals surface area contributed by atoms with Crippen molar-refractivity contribution >= 4 is 28.7 Å². The minimum atomic E-state index is -0.382. The monoisotopic (exact) mass is 413 g/mol. The molecule has 148 valence electrons. The van der Waals surface area contributed by atoms with Crippen LogP contribution in [0.15, 0.2) is 90.0 Å². The van der Waals surface area contributed by atoms with E-state index in [0.29, 0.717) is 11.3 Å². The number of nitrogens with zero attached hydrogens (tertiary/aromatic N) is 2. The minimum absolute atomic E-state index is 0.382. The number of aromatic nitrogens is 1. The van der Waals surface area contributed by atoms with Crippen molar-refractivity contribution < 1.29 is 9.53 Å². The van der Waals surface area contributed by atoms with Gasteiger partial charge in [-0.05, 0) is 48.9 Å². The van der Waals surface area contributed by atoms with Crippen LogP contribution in [-0.2, 0) is 0 Å². The molecule has 0 unspecified atom stereocenters. The Morgan fingerprint density at radius 2 is 1.63 bits per heavy atom. The summed E-state index contributed by atoms with van der Waals surface area (Å²) in [5.41, 5.74) is 6.42. The summed E-state index contributed by atoms with van der Waals surface area (Å²) in [5, 5.41) is 5.00. The molecule has 1 heterocycles. The SMILES string of the molecule is Cc1sc(N/N=C\c2ccc(OC(=O)c3ccccc3)cc2)nc1-c1ccccc1. The Morgan fingerprint density at radius 1 is 0.967 bits per heavy atom. The number of ether oxygens (including phenoxy) is 1. The number of aryl methyl sites for hydroxylation is 1. The van der Waals surface area contributed by atoms with Crippen molar-refractivity contribution in [1.82, 2.24) is 4.98 Å². The van der Waals surface area contributed by atoms with Crippen molar-refractivity contribution in [3.63, 3.8) is 0 Å². The van der Waals surface area contributed by atoms with Crippen molar-refractivity contribution in [2.45, 2.75) is 6.92 Å². The molecule has 4 rings (SSSR count). The minimum Gasteiger partial charge on any atom is -0.423 e. The van der Waals surface area contributed by atoms with Crippen LogP contribution in [0.2, 0.25) is 0 Å². The van der Waals surface area contributed by atoms with Crippen molar-refractivity contribution in [3.05, 3.63) is 101 Å². The Labute approximate surface area is 178 Å². The van der Waals surface area contributed by atoms with Crippen LogP contribution < -0.4 is 10.2 Å². The van der Waals surface area contributed by atoms with E-state index in [-0.39, 0.29) is 5.97 Å². The predicted molar refractivity (Wildman–Crippen MR) is 121 cm³/mol. The van der Waals surface area contributed by atoms with Gasteiger partial charge in [0, 0.05) is 10.4 Å². The van der Waals surface area contributed by atoms with Crippen LogP contribution in [0.4, 0.5) is 5.13 Å². The third kappa shape index (κ3) is 4.79. The molecule has 0 aliphatic heterocycles. The summed E-state index contributed by atoms with van der Waals surface area (Å²) in [7, 11) is 0. The van der Waals surface area contributed by atoms with E-state index in [4.69, 9.17) is 4.74 Å². The molecule has 0 bridgehead atoms. The van der Waals surface area contributed by atoms with Crippen LogP contribution >= 0.6 is 11.3 Å². The Morgan fingerprint density at radius 3 is 2.33 bits per heavy atom. The van der Waals surface area contributed by atoms with Gasteiger partial charge < -0.3 is 4.74 Å². The number of anilines is 1. The summed E-state index contributed by atoms with van der Waals surface area (Å²) < 4.78 is 5.38. The van der Waals surface area contributed by atoms with Crippen LogP contribution in [0.5, 0.6) is 5.75 Å².